The lowest BCUT2D eigenvalue weighted by Gasteiger charge is -2.33. The van der Waals surface area contributed by atoms with Gasteiger partial charge in [0.05, 0.1) is 18.5 Å². The van der Waals surface area contributed by atoms with Gasteiger partial charge in [-0.15, -0.1) is 0 Å². The van der Waals surface area contributed by atoms with Crippen LogP contribution in [0, 0.1) is 0 Å². The van der Waals surface area contributed by atoms with Gasteiger partial charge in [0.1, 0.15) is 0 Å². The molecule has 0 aliphatic carbocycles. The van der Waals surface area contributed by atoms with Gasteiger partial charge in [-0.05, 0) is 36.8 Å². The summed E-state index contributed by atoms with van der Waals surface area (Å²) < 4.78 is 32.7. The van der Waals surface area contributed by atoms with Crippen molar-refractivity contribution < 1.29 is 13.2 Å². The molecule has 1 fully saturated rings. The molecule has 3 rings (SSSR count). The highest BCUT2D eigenvalue weighted by molar-refractivity contribution is 7.91. The zero-order valence-corrected chi connectivity index (χ0v) is 14.5. The van der Waals surface area contributed by atoms with Crippen LogP contribution in [0.5, 0.6) is 0 Å². The van der Waals surface area contributed by atoms with Crippen LogP contribution in [0.15, 0.2) is 54.6 Å². The molecule has 2 aromatic rings. The SMILES string of the molecule is CC1CN(c2ccc(NS(=O)(=O)Cc3ccccc3)cc2)CCO1. The zero-order valence-electron chi connectivity index (χ0n) is 13.7. The van der Waals surface area contributed by atoms with Crippen LogP contribution in [-0.4, -0.2) is 34.2 Å². The first-order valence-corrected chi connectivity index (χ1v) is 9.68. The van der Waals surface area contributed by atoms with Gasteiger partial charge in [0.25, 0.3) is 0 Å². The summed E-state index contributed by atoms with van der Waals surface area (Å²) in [6.45, 7) is 4.47. The highest BCUT2D eigenvalue weighted by Crippen LogP contribution is 2.21. The minimum atomic E-state index is -3.42. The summed E-state index contributed by atoms with van der Waals surface area (Å²) >= 11 is 0. The summed E-state index contributed by atoms with van der Waals surface area (Å²) in [7, 11) is -3.42. The van der Waals surface area contributed by atoms with E-state index in [1.807, 2.05) is 42.5 Å². The molecule has 1 heterocycles. The van der Waals surface area contributed by atoms with Crippen LogP contribution in [0.1, 0.15) is 12.5 Å². The van der Waals surface area contributed by atoms with Crippen LogP contribution < -0.4 is 9.62 Å². The molecule has 0 radical (unpaired) electrons. The van der Waals surface area contributed by atoms with Crippen LogP contribution in [0.4, 0.5) is 11.4 Å². The summed E-state index contributed by atoms with van der Waals surface area (Å²) in [6.07, 6.45) is 0.211. The van der Waals surface area contributed by atoms with Crippen molar-refractivity contribution in [2.75, 3.05) is 29.3 Å². The number of benzene rings is 2. The summed E-state index contributed by atoms with van der Waals surface area (Å²) in [5.74, 6) is -0.0312. The Morgan fingerprint density at radius 3 is 2.50 bits per heavy atom. The third-order valence-electron chi connectivity index (χ3n) is 3.95. The van der Waals surface area contributed by atoms with E-state index < -0.39 is 10.0 Å². The lowest BCUT2D eigenvalue weighted by atomic mass is 10.2. The summed E-state index contributed by atoms with van der Waals surface area (Å²) in [6, 6.07) is 16.7. The van der Waals surface area contributed by atoms with Crippen LogP contribution in [0.3, 0.4) is 0 Å². The summed E-state index contributed by atoms with van der Waals surface area (Å²) in [5, 5.41) is 0. The zero-order chi connectivity index (χ0) is 17.0. The maximum absolute atomic E-state index is 12.3. The molecule has 0 saturated carbocycles. The van der Waals surface area contributed by atoms with Gasteiger partial charge in [0, 0.05) is 24.5 Å². The Morgan fingerprint density at radius 1 is 1.12 bits per heavy atom. The summed E-state index contributed by atoms with van der Waals surface area (Å²) in [5.41, 5.74) is 2.43. The van der Waals surface area contributed by atoms with Crippen molar-refractivity contribution in [2.24, 2.45) is 0 Å². The number of nitrogens with zero attached hydrogens (tertiary/aromatic N) is 1. The van der Waals surface area contributed by atoms with Gasteiger partial charge in [-0.1, -0.05) is 30.3 Å². The van der Waals surface area contributed by atoms with Crippen LogP contribution in [0.25, 0.3) is 0 Å². The number of morpholine rings is 1. The highest BCUT2D eigenvalue weighted by Gasteiger charge is 2.17. The molecule has 0 amide bonds. The fraction of sp³-hybridized carbons (Fsp3) is 0.333. The monoisotopic (exact) mass is 346 g/mol. The maximum atomic E-state index is 12.3. The summed E-state index contributed by atoms with van der Waals surface area (Å²) in [4.78, 5) is 2.25. The Morgan fingerprint density at radius 2 is 1.83 bits per heavy atom. The topological polar surface area (TPSA) is 58.6 Å². The number of rotatable bonds is 5. The fourth-order valence-corrected chi connectivity index (χ4v) is 4.00. The van der Waals surface area contributed by atoms with Crippen LogP contribution in [0.2, 0.25) is 0 Å². The third-order valence-corrected chi connectivity index (χ3v) is 5.21. The van der Waals surface area contributed by atoms with Gasteiger partial charge in [0.2, 0.25) is 10.0 Å². The molecule has 5 nitrogen and oxygen atoms in total. The Bertz CT molecular complexity index is 761. The molecule has 1 saturated heterocycles. The smallest absolute Gasteiger partial charge is 0.236 e. The Kier molecular flexibility index (Phi) is 5.06. The molecule has 1 aliphatic rings. The fourth-order valence-electron chi connectivity index (χ4n) is 2.80. The molecule has 1 atom stereocenters. The molecule has 0 bridgehead atoms. The molecular formula is C18H22N2O3S. The minimum Gasteiger partial charge on any atom is -0.375 e. The average molecular weight is 346 g/mol. The van der Waals surface area contributed by atoms with Crippen molar-refractivity contribution in [3.8, 4) is 0 Å². The van der Waals surface area contributed by atoms with Gasteiger partial charge >= 0.3 is 0 Å². The molecule has 6 heteroatoms. The number of hydrogen-bond acceptors (Lipinski definition) is 4. The lowest BCUT2D eigenvalue weighted by Crippen LogP contribution is -2.41. The largest absolute Gasteiger partial charge is 0.375 e. The third kappa shape index (κ3) is 4.49. The molecule has 1 N–H and O–H groups in total. The average Bonchev–Trinajstić information content (AvgIpc) is 2.55. The van der Waals surface area contributed by atoms with E-state index in [0.29, 0.717) is 12.3 Å². The Hall–Kier alpha value is -2.05. The molecule has 1 aliphatic heterocycles. The van der Waals surface area contributed by atoms with Crippen molar-refractivity contribution in [1.29, 1.82) is 0 Å². The second kappa shape index (κ2) is 7.23. The van der Waals surface area contributed by atoms with E-state index in [9.17, 15) is 8.42 Å². The molecule has 1 unspecified atom stereocenters. The van der Waals surface area contributed by atoms with Gasteiger partial charge < -0.3 is 9.64 Å². The van der Waals surface area contributed by atoms with Crippen molar-refractivity contribution in [1.82, 2.24) is 0 Å². The molecule has 128 valence electrons. The second-order valence-corrected chi connectivity index (χ2v) is 7.74. The first kappa shape index (κ1) is 16.8. The molecule has 0 spiro atoms. The van der Waals surface area contributed by atoms with Gasteiger partial charge in [-0.2, -0.15) is 0 Å². The number of sulfonamides is 1. The molecular weight excluding hydrogens is 324 g/mol. The number of anilines is 2. The van der Waals surface area contributed by atoms with Gasteiger partial charge in [0.15, 0.2) is 0 Å². The van der Waals surface area contributed by atoms with Crippen LogP contribution in [-0.2, 0) is 20.5 Å². The maximum Gasteiger partial charge on any atom is 0.236 e. The molecule has 0 aromatic heterocycles. The Labute approximate surface area is 143 Å². The highest BCUT2D eigenvalue weighted by atomic mass is 32.2. The van der Waals surface area contributed by atoms with E-state index in [2.05, 4.69) is 16.5 Å². The van der Waals surface area contributed by atoms with E-state index in [4.69, 9.17) is 4.74 Å². The van der Waals surface area contributed by atoms with E-state index in [1.165, 1.54) is 0 Å². The van der Waals surface area contributed by atoms with Gasteiger partial charge in [-0.25, -0.2) is 8.42 Å². The molecule has 24 heavy (non-hydrogen) atoms. The standard InChI is InChI=1S/C18H22N2O3S/c1-15-13-20(11-12-23-15)18-9-7-17(8-10-18)19-24(21,22)14-16-5-3-2-4-6-16/h2-10,15,19H,11-14H2,1H3. The predicted octanol–water partition coefficient (Wildman–Crippen LogP) is 2.85. The van der Waals surface area contributed by atoms with Crippen molar-refractivity contribution >= 4 is 21.4 Å². The first-order valence-electron chi connectivity index (χ1n) is 8.03. The quantitative estimate of drug-likeness (QED) is 0.904. The number of hydrogen-bond donors (Lipinski definition) is 1. The second-order valence-electron chi connectivity index (χ2n) is 6.02. The minimum absolute atomic E-state index is 0.0312. The lowest BCUT2D eigenvalue weighted by molar-refractivity contribution is 0.0532. The van der Waals surface area contributed by atoms with Crippen molar-refractivity contribution in [3.63, 3.8) is 0 Å². The van der Waals surface area contributed by atoms with Crippen molar-refractivity contribution in [3.05, 3.63) is 60.2 Å². The normalized spacial score (nSPS) is 18.4. The predicted molar refractivity (Wildman–Crippen MR) is 96.8 cm³/mol. The molecule has 2 aromatic carbocycles. The van der Waals surface area contributed by atoms with E-state index in [-0.39, 0.29) is 11.9 Å². The first-order chi connectivity index (χ1) is 11.5. The van der Waals surface area contributed by atoms with E-state index >= 15 is 0 Å². The van der Waals surface area contributed by atoms with Crippen molar-refractivity contribution in [2.45, 2.75) is 18.8 Å². The van der Waals surface area contributed by atoms with E-state index in [0.717, 1.165) is 24.3 Å². The van der Waals surface area contributed by atoms with Gasteiger partial charge in [-0.3, -0.25) is 4.72 Å². The Balaban J connectivity index is 1.65. The number of ether oxygens (including phenoxy) is 1. The van der Waals surface area contributed by atoms with E-state index in [1.54, 1.807) is 12.1 Å². The van der Waals surface area contributed by atoms with Crippen LogP contribution >= 0.6 is 0 Å². The number of nitrogens with one attached hydrogen (secondary N) is 1.